The van der Waals surface area contributed by atoms with Crippen molar-refractivity contribution in [3.8, 4) is 5.75 Å². The van der Waals surface area contributed by atoms with Crippen molar-refractivity contribution in [3.63, 3.8) is 0 Å². The van der Waals surface area contributed by atoms with Gasteiger partial charge in [0.15, 0.2) is 0 Å². The Morgan fingerprint density at radius 2 is 1.76 bits per heavy atom. The van der Waals surface area contributed by atoms with E-state index >= 15 is 0 Å². The number of nitrogens with zero attached hydrogens (tertiary/aromatic N) is 4. The van der Waals surface area contributed by atoms with E-state index in [0.29, 0.717) is 19.0 Å². The van der Waals surface area contributed by atoms with Crippen molar-refractivity contribution in [2.75, 3.05) is 24.5 Å². The molecule has 7 nitrogen and oxygen atoms in total. The Kier molecular flexibility index (Phi) is 8.27. The van der Waals surface area contributed by atoms with E-state index in [-0.39, 0.29) is 12.2 Å². The van der Waals surface area contributed by atoms with Crippen LogP contribution in [0.4, 0.5) is 19.1 Å². The van der Waals surface area contributed by atoms with Gasteiger partial charge in [-0.15, -0.1) is 13.2 Å². The number of anilines is 1. The molecule has 0 saturated carbocycles. The Hall–Kier alpha value is -3.66. The number of aromatic nitrogens is 2. The monoisotopic (exact) mass is 514 g/mol. The van der Waals surface area contributed by atoms with Crippen LogP contribution in [0.25, 0.3) is 0 Å². The van der Waals surface area contributed by atoms with Gasteiger partial charge in [-0.2, -0.15) is 0 Å². The molecule has 196 valence electrons. The van der Waals surface area contributed by atoms with E-state index in [1.165, 1.54) is 17.7 Å². The van der Waals surface area contributed by atoms with Crippen molar-refractivity contribution in [2.24, 2.45) is 0 Å². The van der Waals surface area contributed by atoms with Crippen LogP contribution in [0, 0.1) is 0 Å². The van der Waals surface area contributed by atoms with Crippen molar-refractivity contribution in [1.29, 1.82) is 0 Å². The quantitative estimate of drug-likeness (QED) is 0.423. The highest BCUT2D eigenvalue weighted by atomic mass is 19.4. The number of carbonyl (C=O) groups is 1. The summed E-state index contributed by atoms with van der Waals surface area (Å²) in [5.74, 6) is -0.565. The van der Waals surface area contributed by atoms with Gasteiger partial charge in [0.2, 0.25) is 5.95 Å². The SMILES string of the molecule is CCc1cnc(N(CCN2CCc3ccc(CC(=O)O)cc3C2)Cc2ccc(OC(F)(F)F)cc2)nc1. The number of carboxylic acids is 1. The second-order valence-corrected chi connectivity index (χ2v) is 9.06. The lowest BCUT2D eigenvalue weighted by atomic mass is 9.96. The molecular weight excluding hydrogens is 485 g/mol. The van der Waals surface area contributed by atoms with Gasteiger partial charge in [-0.05, 0) is 52.8 Å². The third-order valence-electron chi connectivity index (χ3n) is 6.32. The highest BCUT2D eigenvalue weighted by molar-refractivity contribution is 5.70. The first kappa shape index (κ1) is 26.4. The minimum absolute atomic E-state index is 0.00104. The fourth-order valence-electron chi connectivity index (χ4n) is 4.37. The molecule has 1 N–H and O–H groups in total. The molecule has 1 aromatic heterocycles. The van der Waals surface area contributed by atoms with Crippen molar-refractivity contribution in [2.45, 2.75) is 45.6 Å². The van der Waals surface area contributed by atoms with Gasteiger partial charge >= 0.3 is 12.3 Å². The zero-order valence-corrected chi connectivity index (χ0v) is 20.5. The van der Waals surface area contributed by atoms with E-state index in [2.05, 4.69) is 19.6 Å². The van der Waals surface area contributed by atoms with Gasteiger partial charge in [-0.1, -0.05) is 37.3 Å². The first-order chi connectivity index (χ1) is 17.7. The minimum atomic E-state index is -4.73. The van der Waals surface area contributed by atoms with E-state index in [4.69, 9.17) is 5.11 Å². The molecule has 3 aromatic rings. The second kappa shape index (κ2) is 11.6. The van der Waals surface area contributed by atoms with Gasteiger partial charge in [-0.25, -0.2) is 9.97 Å². The number of aryl methyl sites for hydroxylation is 1. The number of aliphatic carboxylic acids is 1. The summed E-state index contributed by atoms with van der Waals surface area (Å²) in [4.78, 5) is 24.5. The van der Waals surface area contributed by atoms with Crippen LogP contribution in [0.15, 0.2) is 54.9 Å². The van der Waals surface area contributed by atoms with Crippen LogP contribution >= 0.6 is 0 Å². The van der Waals surface area contributed by atoms with Gasteiger partial charge in [0.1, 0.15) is 5.75 Å². The molecule has 4 rings (SSSR count). The van der Waals surface area contributed by atoms with Crippen LogP contribution in [0.5, 0.6) is 5.75 Å². The standard InChI is InChI=1S/C27H29F3N4O3/c1-2-19-15-31-26(32-16-19)34(17-20-4-7-24(8-5-20)37-27(28,29)30)12-11-33-10-9-22-6-3-21(14-25(35)36)13-23(22)18-33/h3-8,13,15-16H,2,9-12,14,17-18H2,1H3,(H,35,36). The smallest absolute Gasteiger partial charge is 0.481 e. The summed E-state index contributed by atoms with van der Waals surface area (Å²) in [6, 6.07) is 11.7. The molecule has 10 heteroatoms. The number of benzene rings is 2. The highest BCUT2D eigenvalue weighted by Crippen LogP contribution is 2.24. The molecule has 0 spiro atoms. The van der Waals surface area contributed by atoms with Gasteiger partial charge in [0.25, 0.3) is 0 Å². The summed E-state index contributed by atoms with van der Waals surface area (Å²) in [6.07, 6.45) is 0.541. The molecule has 0 saturated heterocycles. The van der Waals surface area contributed by atoms with Gasteiger partial charge < -0.3 is 14.7 Å². The summed E-state index contributed by atoms with van der Waals surface area (Å²) in [5.41, 5.74) is 4.99. The van der Waals surface area contributed by atoms with Crippen LogP contribution in [0.2, 0.25) is 0 Å². The lowest BCUT2D eigenvalue weighted by molar-refractivity contribution is -0.274. The Balaban J connectivity index is 1.45. The van der Waals surface area contributed by atoms with E-state index in [1.807, 2.05) is 30.0 Å². The third kappa shape index (κ3) is 7.66. The maximum Gasteiger partial charge on any atom is 0.573 e. The number of ether oxygens (including phenoxy) is 1. The van der Waals surface area contributed by atoms with Crippen LogP contribution in [0.3, 0.4) is 0 Å². The van der Waals surface area contributed by atoms with Crippen LogP contribution in [-0.4, -0.2) is 51.9 Å². The minimum Gasteiger partial charge on any atom is -0.481 e. The van der Waals surface area contributed by atoms with Crippen molar-refractivity contribution >= 4 is 11.9 Å². The van der Waals surface area contributed by atoms with E-state index in [9.17, 15) is 18.0 Å². The highest BCUT2D eigenvalue weighted by Gasteiger charge is 2.31. The number of carboxylic acid groups (broad SMARTS) is 1. The molecule has 2 aromatic carbocycles. The molecule has 0 aliphatic carbocycles. The van der Waals surface area contributed by atoms with Crippen molar-refractivity contribution in [3.05, 3.63) is 82.7 Å². The molecule has 1 aliphatic heterocycles. The molecule has 0 radical (unpaired) electrons. The zero-order chi connectivity index (χ0) is 26.4. The molecular formula is C27H29F3N4O3. The third-order valence-corrected chi connectivity index (χ3v) is 6.32. The Morgan fingerprint density at radius 1 is 1.05 bits per heavy atom. The van der Waals surface area contributed by atoms with E-state index in [0.717, 1.165) is 54.7 Å². The fraction of sp³-hybridized carbons (Fsp3) is 0.370. The van der Waals surface area contributed by atoms with Crippen molar-refractivity contribution < 1.29 is 27.8 Å². The maximum absolute atomic E-state index is 12.5. The van der Waals surface area contributed by atoms with Crippen LogP contribution in [0.1, 0.15) is 34.7 Å². The lowest BCUT2D eigenvalue weighted by Gasteiger charge is -2.31. The van der Waals surface area contributed by atoms with Crippen molar-refractivity contribution in [1.82, 2.24) is 14.9 Å². The molecule has 0 unspecified atom stereocenters. The van der Waals surface area contributed by atoms with E-state index < -0.39 is 12.3 Å². The molecule has 0 amide bonds. The topological polar surface area (TPSA) is 78.8 Å². The molecule has 2 heterocycles. The number of hydrogen-bond acceptors (Lipinski definition) is 6. The molecule has 37 heavy (non-hydrogen) atoms. The normalized spacial score (nSPS) is 13.7. The summed E-state index contributed by atoms with van der Waals surface area (Å²) < 4.78 is 41.5. The van der Waals surface area contributed by atoms with Gasteiger partial charge in [-0.3, -0.25) is 9.69 Å². The van der Waals surface area contributed by atoms with Crippen LogP contribution < -0.4 is 9.64 Å². The first-order valence-electron chi connectivity index (χ1n) is 12.1. The van der Waals surface area contributed by atoms with Crippen LogP contribution in [-0.2, 0) is 37.1 Å². The van der Waals surface area contributed by atoms with Gasteiger partial charge in [0, 0.05) is 45.1 Å². The van der Waals surface area contributed by atoms with Gasteiger partial charge in [0.05, 0.1) is 6.42 Å². The average Bonchev–Trinajstić information content (AvgIpc) is 2.86. The molecule has 0 fully saturated rings. The predicted molar refractivity (Wildman–Crippen MR) is 132 cm³/mol. The number of halogens is 3. The fourth-order valence-corrected chi connectivity index (χ4v) is 4.37. The lowest BCUT2D eigenvalue weighted by Crippen LogP contribution is -2.38. The summed E-state index contributed by atoms with van der Waals surface area (Å²) >= 11 is 0. The molecule has 0 bridgehead atoms. The second-order valence-electron chi connectivity index (χ2n) is 9.06. The molecule has 0 atom stereocenters. The largest absolute Gasteiger partial charge is 0.573 e. The Morgan fingerprint density at radius 3 is 2.41 bits per heavy atom. The average molecular weight is 515 g/mol. The Labute approximate surface area is 213 Å². The number of hydrogen-bond donors (Lipinski definition) is 1. The number of rotatable bonds is 10. The van der Waals surface area contributed by atoms with E-state index in [1.54, 1.807) is 24.5 Å². The zero-order valence-electron chi connectivity index (χ0n) is 20.5. The first-order valence-corrected chi connectivity index (χ1v) is 12.1. The maximum atomic E-state index is 12.5. The number of fused-ring (bicyclic) bond motifs is 1. The summed E-state index contributed by atoms with van der Waals surface area (Å²) in [5, 5.41) is 9.11. The number of alkyl halides is 3. The Bertz CT molecular complexity index is 1200. The predicted octanol–water partition coefficient (Wildman–Crippen LogP) is 4.63. The summed E-state index contributed by atoms with van der Waals surface area (Å²) in [7, 11) is 0. The molecule has 1 aliphatic rings. The summed E-state index contributed by atoms with van der Waals surface area (Å²) in [6.45, 7) is 5.36.